The van der Waals surface area contributed by atoms with Crippen molar-refractivity contribution in [3.63, 3.8) is 0 Å². The third kappa shape index (κ3) is 1.61. The van der Waals surface area contributed by atoms with E-state index in [-0.39, 0.29) is 11.6 Å². The minimum absolute atomic E-state index is 0.130. The average molecular weight is 221 g/mol. The fourth-order valence-electron chi connectivity index (χ4n) is 1.62. The fraction of sp³-hybridized carbons (Fsp3) is 0.500. The Hall–Kier alpha value is -1.69. The summed E-state index contributed by atoms with van der Waals surface area (Å²) in [7, 11) is 0. The first kappa shape index (κ1) is 10.8. The molecule has 0 radical (unpaired) electrons. The molecule has 6 nitrogen and oxygen atoms in total. The summed E-state index contributed by atoms with van der Waals surface area (Å²) in [6, 6.07) is 0.238. The van der Waals surface area contributed by atoms with Gasteiger partial charge in [-0.15, -0.1) is 0 Å². The van der Waals surface area contributed by atoms with E-state index in [1.54, 1.807) is 6.33 Å². The first-order valence-electron chi connectivity index (χ1n) is 5.27. The van der Waals surface area contributed by atoms with Gasteiger partial charge in [-0.2, -0.15) is 0 Å². The summed E-state index contributed by atoms with van der Waals surface area (Å²) in [4.78, 5) is 20.3. The van der Waals surface area contributed by atoms with E-state index in [1.165, 1.54) is 10.9 Å². The molecule has 0 aliphatic rings. The molecule has 0 amide bonds. The van der Waals surface area contributed by atoms with Crippen LogP contribution in [-0.4, -0.2) is 25.6 Å². The van der Waals surface area contributed by atoms with E-state index in [1.807, 2.05) is 18.4 Å². The molecule has 86 valence electrons. The molecule has 2 rings (SSSR count). The molecule has 2 heterocycles. The van der Waals surface area contributed by atoms with Crippen LogP contribution in [0.15, 0.2) is 17.4 Å². The van der Waals surface area contributed by atoms with Crippen LogP contribution in [0.2, 0.25) is 0 Å². The van der Waals surface area contributed by atoms with Crippen LogP contribution < -0.4 is 11.3 Å². The van der Waals surface area contributed by atoms with E-state index in [0.29, 0.717) is 24.3 Å². The second-order valence-electron chi connectivity index (χ2n) is 3.95. The van der Waals surface area contributed by atoms with Gasteiger partial charge in [-0.25, -0.2) is 9.97 Å². The van der Waals surface area contributed by atoms with Crippen molar-refractivity contribution in [2.45, 2.75) is 26.4 Å². The highest BCUT2D eigenvalue weighted by Gasteiger charge is 2.11. The number of hydrogen-bond donors (Lipinski definition) is 1. The van der Waals surface area contributed by atoms with Crippen molar-refractivity contribution < 1.29 is 0 Å². The molecule has 16 heavy (non-hydrogen) atoms. The number of rotatable bonds is 3. The predicted molar refractivity (Wildman–Crippen MR) is 61.2 cm³/mol. The molecule has 0 spiro atoms. The van der Waals surface area contributed by atoms with E-state index in [4.69, 9.17) is 5.73 Å². The van der Waals surface area contributed by atoms with E-state index < -0.39 is 0 Å². The largest absolute Gasteiger partial charge is 0.329 e. The van der Waals surface area contributed by atoms with Crippen LogP contribution in [0.25, 0.3) is 11.2 Å². The van der Waals surface area contributed by atoms with E-state index in [2.05, 4.69) is 9.97 Å². The van der Waals surface area contributed by atoms with Gasteiger partial charge in [0.25, 0.3) is 5.56 Å². The summed E-state index contributed by atoms with van der Waals surface area (Å²) in [5.74, 6) is 0. The van der Waals surface area contributed by atoms with Gasteiger partial charge >= 0.3 is 0 Å². The summed E-state index contributed by atoms with van der Waals surface area (Å²) < 4.78 is 3.36. The van der Waals surface area contributed by atoms with Gasteiger partial charge in [-0.05, 0) is 13.8 Å². The third-order valence-corrected chi connectivity index (χ3v) is 2.48. The molecule has 0 aliphatic carbocycles. The molecule has 0 aromatic carbocycles. The van der Waals surface area contributed by atoms with Crippen LogP contribution in [0, 0.1) is 0 Å². The van der Waals surface area contributed by atoms with Gasteiger partial charge in [0.1, 0.15) is 6.33 Å². The number of fused-ring (bicyclic) bond motifs is 1. The van der Waals surface area contributed by atoms with Crippen molar-refractivity contribution in [3.8, 4) is 0 Å². The lowest BCUT2D eigenvalue weighted by molar-refractivity contribution is 0.609. The maximum absolute atomic E-state index is 11.9. The smallest absolute Gasteiger partial charge is 0.281 e. The summed E-state index contributed by atoms with van der Waals surface area (Å²) in [6.07, 6.45) is 3.18. The Morgan fingerprint density at radius 1 is 1.38 bits per heavy atom. The zero-order valence-corrected chi connectivity index (χ0v) is 9.42. The Labute approximate surface area is 92.7 Å². The normalized spacial score (nSPS) is 11.5. The maximum Gasteiger partial charge on any atom is 0.281 e. The highest BCUT2D eigenvalue weighted by Crippen LogP contribution is 2.11. The van der Waals surface area contributed by atoms with Crippen LogP contribution in [0.3, 0.4) is 0 Å². The predicted octanol–water partition coefficient (Wildman–Crippen LogP) is 0.133. The molecule has 0 unspecified atom stereocenters. The van der Waals surface area contributed by atoms with Crippen molar-refractivity contribution in [1.82, 2.24) is 19.1 Å². The molecular formula is C10H15N5O. The lowest BCUT2D eigenvalue weighted by Crippen LogP contribution is -2.24. The Morgan fingerprint density at radius 2 is 2.12 bits per heavy atom. The fourth-order valence-corrected chi connectivity index (χ4v) is 1.62. The highest BCUT2D eigenvalue weighted by molar-refractivity contribution is 5.69. The molecule has 0 bridgehead atoms. The molecule has 0 saturated carbocycles. The minimum atomic E-state index is -0.130. The molecule has 0 fully saturated rings. The Balaban J connectivity index is 2.64. The molecule has 6 heteroatoms. The van der Waals surface area contributed by atoms with E-state index in [9.17, 15) is 4.79 Å². The van der Waals surface area contributed by atoms with Crippen molar-refractivity contribution in [1.29, 1.82) is 0 Å². The van der Waals surface area contributed by atoms with Gasteiger partial charge in [-0.1, -0.05) is 0 Å². The van der Waals surface area contributed by atoms with Gasteiger partial charge in [0.2, 0.25) is 0 Å². The Morgan fingerprint density at radius 3 is 2.75 bits per heavy atom. The van der Waals surface area contributed by atoms with Crippen molar-refractivity contribution in [2.24, 2.45) is 5.73 Å². The topological polar surface area (TPSA) is 78.7 Å². The quantitative estimate of drug-likeness (QED) is 0.799. The lowest BCUT2D eigenvalue weighted by Gasteiger charge is -2.07. The number of imidazole rings is 1. The summed E-state index contributed by atoms with van der Waals surface area (Å²) in [6.45, 7) is 4.93. The van der Waals surface area contributed by atoms with E-state index in [0.717, 1.165) is 0 Å². The lowest BCUT2D eigenvalue weighted by atomic mass is 10.4. The molecule has 0 atom stereocenters. The SMILES string of the molecule is CC(C)n1cnc2c(=O)n(CCN)cnc21. The number of aromatic nitrogens is 4. The Bertz CT molecular complexity index is 554. The maximum atomic E-state index is 11.9. The summed E-state index contributed by atoms with van der Waals surface area (Å²) in [5, 5.41) is 0. The van der Waals surface area contributed by atoms with Crippen LogP contribution in [0.1, 0.15) is 19.9 Å². The average Bonchev–Trinajstić information content (AvgIpc) is 2.67. The standard InChI is InChI=1S/C10H15N5O/c1-7(2)15-6-12-8-9(15)13-5-14(4-3-11)10(8)16/h5-7H,3-4,11H2,1-2H3. The second kappa shape index (κ2) is 4.05. The molecule has 2 aromatic heterocycles. The third-order valence-electron chi connectivity index (χ3n) is 2.48. The van der Waals surface area contributed by atoms with Crippen molar-refractivity contribution in [2.75, 3.05) is 6.54 Å². The van der Waals surface area contributed by atoms with Gasteiger partial charge in [-0.3, -0.25) is 9.36 Å². The molecule has 2 N–H and O–H groups in total. The molecule has 0 aliphatic heterocycles. The number of nitrogens with zero attached hydrogens (tertiary/aromatic N) is 4. The van der Waals surface area contributed by atoms with Crippen LogP contribution in [0.4, 0.5) is 0 Å². The van der Waals surface area contributed by atoms with Gasteiger partial charge in [0.15, 0.2) is 11.2 Å². The molecular weight excluding hydrogens is 206 g/mol. The van der Waals surface area contributed by atoms with Gasteiger partial charge in [0.05, 0.1) is 6.33 Å². The van der Waals surface area contributed by atoms with Crippen LogP contribution >= 0.6 is 0 Å². The van der Waals surface area contributed by atoms with Gasteiger partial charge < -0.3 is 10.3 Å². The highest BCUT2D eigenvalue weighted by atomic mass is 16.1. The first-order chi connectivity index (χ1) is 7.65. The summed E-state index contributed by atoms with van der Waals surface area (Å²) >= 11 is 0. The Kier molecular flexibility index (Phi) is 2.74. The molecule has 0 saturated heterocycles. The zero-order chi connectivity index (χ0) is 11.7. The van der Waals surface area contributed by atoms with Crippen molar-refractivity contribution in [3.05, 3.63) is 23.0 Å². The number of nitrogens with two attached hydrogens (primary N) is 1. The number of hydrogen-bond acceptors (Lipinski definition) is 4. The van der Waals surface area contributed by atoms with Crippen molar-refractivity contribution >= 4 is 11.2 Å². The molecule has 2 aromatic rings. The second-order valence-corrected chi connectivity index (χ2v) is 3.95. The monoisotopic (exact) mass is 221 g/mol. The van der Waals surface area contributed by atoms with Crippen LogP contribution in [-0.2, 0) is 6.54 Å². The minimum Gasteiger partial charge on any atom is -0.329 e. The van der Waals surface area contributed by atoms with Gasteiger partial charge in [0, 0.05) is 19.1 Å². The van der Waals surface area contributed by atoms with E-state index >= 15 is 0 Å². The summed E-state index contributed by atoms with van der Waals surface area (Å²) in [5.41, 5.74) is 6.32. The first-order valence-corrected chi connectivity index (χ1v) is 5.27. The van der Waals surface area contributed by atoms with Crippen LogP contribution in [0.5, 0.6) is 0 Å². The zero-order valence-electron chi connectivity index (χ0n) is 9.42.